The Kier molecular flexibility index (Phi) is 5.71. The molecule has 1 aliphatic heterocycles. The number of rotatable bonds is 5. The lowest BCUT2D eigenvalue weighted by Gasteiger charge is -2.21. The predicted molar refractivity (Wildman–Crippen MR) is 105 cm³/mol. The van der Waals surface area contributed by atoms with Gasteiger partial charge in [0.25, 0.3) is 5.91 Å². The van der Waals surface area contributed by atoms with Gasteiger partial charge in [0.2, 0.25) is 5.91 Å². The zero-order valence-corrected chi connectivity index (χ0v) is 15.8. The van der Waals surface area contributed by atoms with Crippen LogP contribution in [-0.4, -0.2) is 29.4 Å². The molecule has 0 spiro atoms. The summed E-state index contributed by atoms with van der Waals surface area (Å²) in [6.45, 7) is 4.52. The maximum atomic E-state index is 12.3. The number of hydrogen-bond acceptors (Lipinski definition) is 4. The van der Waals surface area contributed by atoms with Gasteiger partial charge >= 0.3 is 0 Å². The topological polar surface area (TPSA) is 58.2 Å². The van der Waals surface area contributed by atoms with Crippen molar-refractivity contribution < 1.29 is 9.59 Å². The summed E-state index contributed by atoms with van der Waals surface area (Å²) in [5, 5.41) is 5.68. The van der Waals surface area contributed by atoms with E-state index < -0.39 is 0 Å². The molecule has 1 heterocycles. The number of fused-ring (bicyclic) bond motifs is 1. The molecule has 2 aromatic carbocycles. The summed E-state index contributed by atoms with van der Waals surface area (Å²) in [5.74, 6) is 0.666. The van der Waals surface area contributed by atoms with Gasteiger partial charge in [0.05, 0.1) is 10.9 Å². The minimum absolute atomic E-state index is 0.0236. The zero-order chi connectivity index (χ0) is 17.8. The summed E-state index contributed by atoms with van der Waals surface area (Å²) in [5.41, 5.74) is 2.52. The molecular formula is C19H20N2O2S2. The second-order valence-electron chi connectivity index (χ2n) is 5.88. The predicted octanol–water partition coefficient (Wildman–Crippen LogP) is 3.95. The van der Waals surface area contributed by atoms with Crippen LogP contribution >= 0.6 is 23.5 Å². The standard InChI is InChI=1S/C19H20N2O2S2/c1-12-3-6-15(7-4-12)24-10-9-20-19(23)14-5-8-17-16(11-14)21-18(22)13(2)25-17/h3-8,11,13H,9-10H2,1-2H3,(H,20,23)(H,21,22). The lowest BCUT2D eigenvalue weighted by atomic mass is 10.1. The van der Waals surface area contributed by atoms with Crippen LogP contribution < -0.4 is 10.6 Å². The summed E-state index contributed by atoms with van der Waals surface area (Å²) in [4.78, 5) is 26.3. The van der Waals surface area contributed by atoms with Crippen LogP contribution in [0.25, 0.3) is 0 Å². The molecule has 2 N–H and O–H groups in total. The number of benzene rings is 2. The lowest BCUT2D eigenvalue weighted by molar-refractivity contribution is -0.115. The smallest absolute Gasteiger partial charge is 0.251 e. The Labute approximate surface area is 156 Å². The van der Waals surface area contributed by atoms with E-state index >= 15 is 0 Å². The fraction of sp³-hybridized carbons (Fsp3) is 0.263. The number of anilines is 1. The van der Waals surface area contributed by atoms with Crippen LogP contribution in [0.5, 0.6) is 0 Å². The molecule has 0 fully saturated rings. The monoisotopic (exact) mass is 372 g/mol. The summed E-state index contributed by atoms with van der Waals surface area (Å²) >= 11 is 3.23. The van der Waals surface area contributed by atoms with Crippen molar-refractivity contribution in [3.63, 3.8) is 0 Å². The van der Waals surface area contributed by atoms with Crippen LogP contribution in [0, 0.1) is 6.92 Å². The number of thioether (sulfide) groups is 2. The SMILES string of the molecule is Cc1ccc(SCCNC(=O)c2ccc3c(c2)NC(=O)C(C)S3)cc1. The summed E-state index contributed by atoms with van der Waals surface area (Å²) in [7, 11) is 0. The molecule has 1 aliphatic rings. The first-order valence-corrected chi connectivity index (χ1v) is 9.99. The molecule has 130 valence electrons. The van der Waals surface area contributed by atoms with Crippen LogP contribution in [-0.2, 0) is 4.79 Å². The number of carbonyl (C=O) groups excluding carboxylic acids is 2. The van der Waals surface area contributed by atoms with Gasteiger partial charge in [0.1, 0.15) is 0 Å². The van der Waals surface area contributed by atoms with Crippen LogP contribution in [0.1, 0.15) is 22.8 Å². The molecule has 0 aliphatic carbocycles. The van der Waals surface area contributed by atoms with E-state index in [-0.39, 0.29) is 17.1 Å². The molecule has 0 saturated heterocycles. The molecule has 25 heavy (non-hydrogen) atoms. The number of amides is 2. The molecule has 1 unspecified atom stereocenters. The normalized spacial score (nSPS) is 16.1. The minimum atomic E-state index is -0.120. The summed E-state index contributed by atoms with van der Waals surface area (Å²) in [6, 6.07) is 13.8. The third kappa shape index (κ3) is 4.58. The van der Waals surface area contributed by atoms with Gasteiger partial charge in [-0.1, -0.05) is 17.7 Å². The quantitative estimate of drug-likeness (QED) is 0.616. The van der Waals surface area contributed by atoms with Gasteiger partial charge in [-0.25, -0.2) is 0 Å². The molecule has 4 nitrogen and oxygen atoms in total. The minimum Gasteiger partial charge on any atom is -0.351 e. The van der Waals surface area contributed by atoms with Crippen molar-refractivity contribution in [2.24, 2.45) is 0 Å². The summed E-state index contributed by atoms with van der Waals surface area (Å²) in [6.07, 6.45) is 0. The number of nitrogens with one attached hydrogen (secondary N) is 2. The van der Waals surface area contributed by atoms with Crippen LogP contribution in [0.15, 0.2) is 52.3 Å². The van der Waals surface area contributed by atoms with E-state index in [9.17, 15) is 9.59 Å². The van der Waals surface area contributed by atoms with E-state index in [1.54, 1.807) is 23.9 Å². The zero-order valence-electron chi connectivity index (χ0n) is 14.2. The van der Waals surface area contributed by atoms with Crippen molar-refractivity contribution in [3.05, 3.63) is 53.6 Å². The Morgan fingerprint density at radius 3 is 2.76 bits per heavy atom. The Bertz CT molecular complexity index is 791. The lowest BCUT2D eigenvalue weighted by Crippen LogP contribution is -2.28. The van der Waals surface area contributed by atoms with Gasteiger partial charge in [0.15, 0.2) is 0 Å². The molecule has 0 saturated carbocycles. The molecule has 0 aromatic heterocycles. The maximum absolute atomic E-state index is 12.3. The summed E-state index contributed by atoms with van der Waals surface area (Å²) < 4.78 is 0. The van der Waals surface area contributed by atoms with Crippen molar-refractivity contribution in [3.8, 4) is 0 Å². The third-order valence-corrected chi connectivity index (χ3v) is 6.04. The van der Waals surface area contributed by atoms with E-state index in [0.717, 1.165) is 16.3 Å². The Balaban J connectivity index is 1.52. The van der Waals surface area contributed by atoms with E-state index in [2.05, 4.69) is 41.8 Å². The largest absolute Gasteiger partial charge is 0.351 e. The first-order chi connectivity index (χ1) is 12.0. The maximum Gasteiger partial charge on any atom is 0.251 e. The first kappa shape index (κ1) is 17.9. The van der Waals surface area contributed by atoms with Gasteiger partial charge in [-0.15, -0.1) is 23.5 Å². The van der Waals surface area contributed by atoms with Gasteiger partial charge in [-0.2, -0.15) is 0 Å². The molecule has 0 bridgehead atoms. The van der Waals surface area contributed by atoms with Crippen molar-refractivity contribution in [2.75, 3.05) is 17.6 Å². The Hall–Kier alpha value is -1.92. The molecule has 2 amide bonds. The molecule has 2 aromatic rings. The van der Waals surface area contributed by atoms with Gasteiger partial charge in [-0.3, -0.25) is 9.59 Å². The van der Waals surface area contributed by atoms with Crippen molar-refractivity contribution in [1.29, 1.82) is 0 Å². The molecule has 3 rings (SSSR count). The molecule has 6 heteroatoms. The van der Waals surface area contributed by atoms with Crippen LogP contribution in [0.3, 0.4) is 0 Å². The first-order valence-electron chi connectivity index (χ1n) is 8.12. The molecule has 0 radical (unpaired) electrons. The molecular weight excluding hydrogens is 352 g/mol. The van der Waals surface area contributed by atoms with Crippen molar-refractivity contribution in [2.45, 2.75) is 28.9 Å². The highest BCUT2D eigenvalue weighted by atomic mass is 32.2. The highest BCUT2D eigenvalue weighted by Gasteiger charge is 2.23. The van der Waals surface area contributed by atoms with Gasteiger partial charge < -0.3 is 10.6 Å². The Morgan fingerprint density at radius 2 is 2.00 bits per heavy atom. The van der Waals surface area contributed by atoms with E-state index in [0.29, 0.717) is 12.1 Å². The number of aryl methyl sites for hydroxylation is 1. The number of carbonyl (C=O) groups is 2. The average Bonchev–Trinajstić information content (AvgIpc) is 2.60. The van der Waals surface area contributed by atoms with Gasteiger partial charge in [-0.05, 0) is 44.2 Å². The van der Waals surface area contributed by atoms with E-state index in [4.69, 9.17) is 0 Å². The fourth-order valence-electron chi connectivity index (χ4n) is 2.42. The fourth-order valence-corrected chi connectivity index (χ4v) is 4.12. The van der Waals surface area contributed by atoms with Crippen LogP contribution in [0.2, 0.25) is 0 Å². The highest BCUT2D eigenvalue weighted by molar-refractivity contribution is 8.01. The number of hydrogen-bond donors (Lipinski definition) is 2. The second-order valence-corrected chi connectivity index (χ2v) is 8.43. The van der Waals surface area contributed by atoms with Crippen molar-refractivity contribution in [1.82, 2.24) is 5.32 Å². The van der Waals surface area contributed by atoms with Crippen molar-refractivity contribution >= 4 is 41.0 Å². The average molecular weight is 373 g/mol. The molecule has 1 atom stereocenters. The third-order valence-electron chi connectivity index (χ3n) is 3.85. The second kappa shape index (κ2) is 7.97. The van der Waals surface area contributed by atoms with E-state index in [1.807, 2.05) is 13.0 Å². The van der Waals surface area contributed by atoms with E-state index in [1.165, 1.54) is 22.2 Å². The highest BCUT2D eigenvalue weighted by Crippen LogP contribution is 2.35. The van der Waals surface area contributed by atoms with Gasteiger partial charge in [0, 0.05) is 27.7 Å². The Morgan fingerprint density at radius 1 is 1.24 bits per heavy atom. The van der Waals surface area contributed by atoms with Crippen LogP contribution in [0.4, 0.5) is 5.69 Å².